The maximum absolute atomic E-state index is 11.3. The normalized spacial score (nSPS) is 12.7. The molecule has 6 nitrogen and oxygen atoms in total. The predicted octanol–water partition coefficient (Wildman–Crippen LogP) is 0.694. The Morgan fingerprint density at radius 1 is 1.32 bits per heavy atom. The van der Waals surface area contributed by atoms with Crippen LogP contribution in [0.3, 0.4) is 0 Å². The first-order valence-corrected chi connectivity index (χ1v) is 5.89. The van der Waals surface area contributed by atoms with Gasteiger partial charge in [-0.05, 0) is 5.56 Å². The maximum atomic E-state index is 11.3. The number of fused-ring (bicyclic) bond motifs is 1. The summed E-state index contributed by atoms with van der Waals surface area (Å²) < 4.78 is 1.32. The van der Waals surface area contributed by atoms with Crippen molar-refractivity contribution >= 4 is 5.65 Å². The molecule has 0 aliphatic carbocycles. The lowest BCUT2D eigenvalue weighted by molar-refractivity contribution is 0.177. The molecule has 3 rings (SSSR count). The fourth-order valence-corrected chi connectivity index (χ4v) is 1.95. The van der Waals surface area contributed by atoms with E-state index in [0.717, 1.165) is 5.56 Å². The highest BCUT2D eigenvalue weighted by atomic mass is 16.3. The fraction of sp³-hybridized carbons (Fsp3) is 0.154. The number of hydrogen-bond acceptors (Lipinski definition) is 4. The van der Waals surface area contributed by atoms with E-state index in [-0.39, 0.29) is 5.69 Å². The van der Waals surface area contributed by atoms with Gasteiger partial charge in [-0.25, -0.2) is 19.3 Å². The molecule has 1 aromatic carbocycles. The largest absolute Gasteiger partial charge is 0.388 e. The Morgan fingerprint density at radius 3 is 2.89 bits per heavy atom. The molecule has 96 valence electrons. The molecule has 1 atom stereocenters. The Hall–Kier alpha value is -2.47. The molecule has 2 N–H and O–H groups in total. The summed E-state index contributed by atoms with van der Waals surface area (Å²) in [6.07, 6.45) is 1.16. The smallest absolute Gasteiger partial charge is 0.348 e. The molecule has 2 heterocycles. The molecule has 2 aromatic heterocycles. The van der Waals surface area contributed by atoms with Crippen molar-refractivity contribution in [2.45, 2.75) is 12.5 Å². The highest BCUT2D eigenvalue weighted by Crippen LogP contribution is 2.16. The Kier molecular flexibility index (Phi) is 2.85. The van der Waals surface area contributed by atoms with E-state index in [4.69, 9.17) is 0 Å². The first-order chi connectivity index (χ1) is 9.24. The molecule has 6 heteroatoms. The molecule has 0 saturated carbocycles. The van der Waals surface area contributed by atoms with Crippen molar-refractivity contribution in [1.29, 1.82) is 0 Å². The average Bonchev–Trinajstić information content (AvgIpc) is 2.81. The minimum absolute atomic E-state index is 0.322. The lowest BCUT2D eigenvalue weighted by Gasteiger charge is -2.10. The molecule has 3 aromatic rings. The van der Waals surface area contributed by atoms with E-state index in [1.165, 1.54) is 10.7 Å². The zero-order chi connectivity index (χ0) is 13.2. The molecule has 19 heavy (non-hydrogen) atoms. The SMILES string of the molecule is O=c1[nH]nc2cc(CC(O)c3ccccc3)ncn12. The molecular weight excluding hydrogens is 244 g/mol. The number of H-pyrrole nitrogens is 1. The molecule has 0 aliphatic rings. The molecule has 1 unspecified atom stereocenters. The molecule has 0 bridgehead atoms. The van der Waals surface area contributed by atoms with Gasteiger partial charge in [0.1, 0.15) is 6.33 Å². The Bertz CT molecular complexity index is 748. The van der Waals surface area contributed by atoms with E-state index in [0.29, 0.717) is 17.8 Å². The number of hydrogen-bond donors (Lipinski definition) is 2. The van der Waals surface area contributed by atoms with Crippen LogP contribution in [0.2, 0.25) is 0 Å². The zero-order valence-electron chi connectivity index (χ0n) is 10.0. The number of nitrogens with zero attached hydrogens (tertiary/aromatic N) is 3. The lowest BCUT2D eigenvalue weighted by Crippen LogP contribution is -2.10. The molecule has 0 saturated heterocycles. The summed E-state index contributed by atoms with van der Waals surface area (Å²) in [4.78, 5) is 15.4. The van der Waals surface area contributed by atoms with Gasteiger partial charge in [0.25, 0.3) is 0 Å². The van der Waals surface area contributed by atoms with Gasteiger partial charge in [0.15, 0.2) is 5.65 Å². The van der Waals surface area contributed by atoms with E-state index >= 15 is 0 Å². The van der Waals surface area contributed by atoms with Crippen LogP contribution in [-0.2, 0) is 6.42 Å². The first kappa shape index (κ1) is 11.6. The lowest BCUT2D eigenvalue weighted by atomic mass is 10.1. The quantitative estimate of drug-likeness (QED) is 0.722. The number of nitrogens with one attached hydrogen (secondary N) is 1. The van der Waals surface area contributed by atoms with Gasteiger partial charge in [-0.1, -0.05) is 30.3 Å². The Morgan fingerprint density at radius 2 is 2.11 bits per heavy atom. The van der Waals surface area contributed by atoms with Crippen LogP contribution >= 0.6 is 0 Å². The van der Waals surface area contributed by atoms with Crippen LogP contribution in [0, 0.1) is 0 Å². The topological polar surface area (TPSA) is 83.3 Å². The van der Waals surface area contributed by atoms with E-state index < -0.39 is 6.10 Å². The maximum Gasteiger partial charge on any atom is 0.348 e. The van der Waals surface area contributed by atoms with Crippen LogP contribution in [0.4, 0.5) is 0 Å². The summed E-state index contributed by atoms with van der Waals surface area (Å²) in [6.45, 7) is 0. The van der Waals surface area contributed by atoms with E-state index in [1.54, 1.807) is 6.07 Å². The standard InChI is InChI=1S/C13H12N4O2/c18-11(9-4-2-1-3-5-9)6-10-7-12-15-16-13(19)17(12)8-14-10/h1-5,7-8,11,18H,6H2,(H,16,19). The first-order valence-electron chi connectivity index (χ1n) is 5.89. The summed E-state index contributed by atoms with van der Waals surface area (Å²) >= 11 is 0. The minimum atomic E-state index is -0.623. The predicted molar refractivity (Wildman–Crippen MR) is 68.7 cm³/mol. The van der Waals surface area contributed by atoms with Crippen molar-refractivity contribution in [1.82, 2.24) is 19.6 Å². The van der Waals surface area contributed by atoms with Crippen molar-refractivity contribution in [3.63, 3.8) is 0 Å². The van der Waals surface area contributed by atoms with Crippen LogP contribution in [0.15, 0.2) is 47.5 Å². The van der Waals surface area contributed by atoms with E-state index in [9.17, 15) is 9.90 Å². The second kappa shape index (κ2) is 4.66. The summed E-state index contributed by atoms with van der Waals surface area (Å²) in [5.41, 5.74) is 1.69. The molecule has 0 fully saturated rings. The van der Waals surface area contributed by atoms with Crippen molar-refractivity contribution in [3.05, 3.63) is 64.5 Å². The molecule has 0 spiro atoms. The van der Waals surface area contributed by atoms with E-state index in [2.05, 4.69) is 15.2 Å². The Labute approximate surface area is 108 Å². The number of aromatic amines is 1. The van der Waals surface area contributed by atoms with Gasteiger partial charge in [0.2, 0.25) is 0 Å². The number of aliphatic hydroxyl groups is 1. The molecular formula is C13H12N4O2. The van der Waals surface area contributed by atoms with E-state index in [1.807, 2.05) is 30.3 Å². The number of benzene rings is 1. The van der Waals surface area contributed by atoms with Crippen LogP contribution in [0.1, 0.15) is 17.4 Å². The van der Waals surface area contributed by atoms with Gasteiger partial charge in [0.05, 0.1) is 6.10 Å². The molecule has 0 radical (unpaired) electrons. The monoisotopic (exact) mass is 256 g/mol. The van der Waals surface area contributed by atoms with Gasteiger partial charge >= 0.3 is 5.69 Å². The van der Waals surface area contributed by atoms with Gasteiger partial charge in [-0.3, -0.25) is 0 Å². The average molecular weight is 256 g/mol. The van der Waals surface area contributed by atoms with Gasteiger partial charge in [0, 0.05) is 18.2 Å². The third-order valence-corrected chi connectivity index (χ3v) is 2.95. The molecule has 0 aliphatic heterocycles. The van der Waals surface area contributed by atoms with Crippen molar-refractivity contribution < 1.29 is 5.11 Å². The Balaban J connectivity index is 1.87. The summed E-state index contributed by atoms with van der Waals surface area (Å²) in [5.74, 6) is 0. The van der Waals surface area contributed by atoms with Crippen LogP contribution < -0.4 is 5.69 Å². The second-order valence-electron chi connectivity index (χ2n) is 4.27. The van der Waals surface area contributed by atoms with Gasteiger partial charge in [-0.2, -0.15) is 5.10 Å². The minimum Gasteiger partial charge on any atom is -0.388 e. The number of aromatic nitrogens is 4. The molecule has 0 amide bonds. The summed E-state index contributed by atoms with van der Waals surface area (Å²) in [7, 11) is 0. The zero-order valence-corrected chi connectivity index (χ0v) is 10.0. The fourth-order valence-electron chi connectivity index (χ4n) is 1.95. The number of rotatable bonds is 3. The van der Waals surface area contributed by atoms with Gasteiger partial charge < -0.3 is 5.11 Å². The van der Waals surface area contributed by atoms with Crippen molar-refractivity contribution in [2.75, 3.05) is 0 Å². The second-order valence-corrected chi connectivity index (χ2v) is 4.27. The highest BCUT2D eigenvalue weighted by molar-refractivity contribution is 5.37. The summed E-state index contributed by atoms with van der Waals surface area (Å²) in [5, 5.41) is 16.3. The highest BCUT2D eigenvalue weighted by Gasteiger charge is 2.10. The van der Waals surface area contributed by atoms with Crippen molar-refractivity contribution in [3.8, 4) is 0 Å². The van der Waals surface area contributed by atoms with Crippen molar-refractivity contribution in [2.24, 2.45) is 0 Å². The van der Waals surface area contributed by atoms with Gasteiger partial charge in [-0.15, -0.1) is 0 Å². The van der Waals surface area contributed by atoms with Crippen LogP contribution in [0.25, 0.3) is 5.65 Å². The van der Waals surface area contributed by atoms with Crippen LogP contribution in [-0.4, -0.2) is 24.7 Å². The number of aliphatic hydroxyl groups excluding tert-OH is 1. The third-order valence-electron chi connectivity index (χ3n) is 2.95. The third kappa shape index (κ3) is 2.25. The summed E-state index contributed by atoms with van der Waals surface area (Å²) in [6, 6.07) is 11.1. The van der Waals surface area contributed by atoms with Crippen LogP contribution in [0.5, 0.6) is 0 Å².